The van der Waals surface area contributed by atoms with Gasteiger partial charge >= 0.3 is 0 Å². The van der Waals surface area contributed by atoms with Gasteiger partial charge in [0.25, 0.3) is 5.91 Å². The Bertz CT molecular complexity index is 816. The molecule has 120 valence electrons. The van der Waals surface area contributed by atoms with E-state index >= 15 is 0 Å². The Balaban J connectivity index is 1.68. The van der Waals surface area contributed by atoms with Crippen LogP contribution in [0.3, 0.4) is 0 Å². The summed E-state index contributed by atoms with van der Waals surface area (Å²) in [5, 5.41) is 6.10. The molecule has 3 aromatic rings. The highest BCUT2D eigenvalue weighted by Crippen LogP contribution is 2.20. The van der Waals surface area contributed by atoms with Gasteiger partial charge in [0.15, 0.2) is 0 Å². The average molecular weight is 318 g/mol. The van der Waals surface area contributed by atoms with Crippen molar-refractivity contribution in [2.45, 2.75) is 13.3 Å². The predicted octanol–water partition coefficient (Wildman–Crippen LogP) is 4.03. The molecular weight excluding hydrogens is 300 g/mol. The van der Waals surface area contributed by atoms with E-state index in [4.69, 9.17) is 0 Å². The minimum absolute atomic E-state index is 0.207. The highest BCUT2D eigenvalue weighted by Gasteiger charge is 2.06. The smallest absolute Gasteiger partial charge is 0.257 e. The zero-order chi connectivity index (χ0) is 16.8. The van der Waals surface area contributed by atoms with Crippen molar-refractivity contribution in [2.24, 2.45) is 0 Å². The van der Waals surface area contributed by atoms with Crippen molar-refractivity contribution in [2.75, 3.05) is 10.6 Å². The van der Waals surface area contributed by atoms with Crippen molar-refractivity contribution in [3.63, 3.8) is 0 Å². The van der Waals surface area contributed by atoms with Crippen LogP contribution in [-0.4, -0.2) is 15.9 Å². The molecule has 0 saturated heterocycles. The van der Waals surface area contributed by atoms with Gasteiger partial charge in [-0.3, -0.25) is 9.78 Å². The molecular formula is C19H18N4O. The van der Waals surface area contributed by atoms with Crippen LogP contribution in [0.4, 0.5) is 17.2 Å². The van der Waals surface area contributed by atoms with Crippen LogP contribution in [0.25, 0.3) is 0 Å². The summed E-state index contributed by atoms with van der Waals surface area (Å²) in [6.45, 7) is 2.12. The third kappa shape index (κ3) is 3.76. The molecule has 0 aliphatic carbocycles. The van der Waals surface area contributed by atoms with Crippen molar-refractivity contribution in [1.82, 2.24) is 9.97 Å². The average Bonchev–Trinajstić information content (AvgIpc) is 2.64. The summed E-state index contributed by atoms with van der Waals surface area (Å²) in [5.74, 6) is 0.525. The fourth-order valence-corrected chi connectivity index (χ4v) is 2.33. The van der Waals surface area contributed by atoms with E-state index in [1.807, 2.05) is 30.3 Å². The van der Waals surface area contributed by atoms with Crippen molar-refractivity contribution < 1.29 is 4.79 Å². The quantitative estimate of drug-likeness (QED) is 0.745. The van der Waals surface area contributed by atoms with Gasteiger partial charge in [-0.25, -0.2) is 4.98 Å². The number of para-hydroxylation sites is 1. The molecule has 5 heteroatoms. The Morgan fingerprint density at radius 2 is 1.92 bits per heavy atom. The van der Waals surface area contributed by atoms with Gasteiger partial charge < -0.3 is 10.6 Å². The number of aryl methyl sites for hydroxylation is 1. The van der Waals surface area contributed by atoms with Gasteiger partial charge in [-0.05, 0) is 42.3 Å². The Morgan fingerprint density at radius 3 is 2.62 bits per heavy atom. The van der Waals surface area contributed by atoms with Gasteiger partial charge in [0.2, 0.25) is 0 Å². The monoisotopic (exact) mass is 318 g/mol. The molecule has 0 aliphatic rings. The Labute approximate surface area is 140 Å². The Morgan fingerprint density at radius 1 is 1.04 bits per heavy atom. The second-order valence-electron chi connectivity index (χ2n) is 5.26. The molecule has 0 atom stereocenters. The molecule has 0 saturated carbocycles. The van der Waals surface area contributed by atoms with E-state index < -0.39 is 0 Å². The number of benzene rings is 1. The molecule has 0 radical (unpaired) electrons. The Kier molecular flexibility index (Phi) is 4.81. The van der Waals surface area contributed by atoms with Crippen molar-refractivity contribution in [3.05, 3.63) is 78.2 Å². The van der Waals surface area contributed by atoms with Crippen molar-refractivity contribution >= 4 is 23.1 Å². The van der Waals surface area contributed by atoms with Crippen LogP contribution in [0.1, 0.15) is 22.8 Å². The topological polar surface area (TPSA) is 66.9 Å². The molecule has 1 amide bonds. The normalized spacial score (nSPS) is 10.2. The molecule has 0 aliphatic heterocycles. The number of carbonyl (C=O) groups excluding carboxylic acids is 1. The van der Waals surface area contributed by atoms with Crippen molar-refractivity contribution in [1.29, 1.82) is 0 Å². The number of amides is 1. The number of nitrogens with zero attached hydrogens (tertiary/aromatic N) is 2. The van der Waals surface area contributed by atoms with Gasteiger partial charge in [-0.2, -0.15) is 0 Å². The molecule has 1 aromatic carbocycles. The molecule has 0 fully saturated rings. The molecule has 0 spiro atoms. The summed E-state index contributed by atoms with van der Waals surface area (Å²) in [6, 6.07) is 15.2. The predicted molar refractivity (Wildman–Crippen MR) is 95.5 cm³/mol. The van der Waals surface area contributed by atoms with Gasteiger partial charge in [-0.15, -0.1) is 0 Å². The maximum absolute atomic E-state index is 12.1. The highest BCUT2D eigenvalue weighted by molar-refractivity contribution is 6.03. The zero-order valence-electron chi connectivity index (χ0n) is 13.4. The molecule has 2 aromatic heterocycles. The van der Waals surface area contributed by atoms with Gasteiger partial charge in [0, 0.05) is 18.1 Å². The molecule has 5 nitrogen and oxygen atoms in total. The summed E-state index contributed by atoms with van der Waals surface area (Å²) in [5.41, 5.74) is 3.42. The number of nitrogens with one attached hydrogen (secondary N) is 2. The lowest BCUT2D eigenvalue weighted by Gasteiger charge is -2.11. The first kappa shape index (κ1) is 15.7. The van der Waals surface area contributed by atoms with Gasteiger partial charge in [0.1, 0.15) is 5.82 Å². The number of rotatable bonds is 5. The zero-order valence-corrected chi connectivity index (χ0v) is 13.4. The van der Waals surface area contributed by atoms with Crippen LogP contribution < -0.4 is 10.6 Å². The van der Waals surface area contributed by atoms with Gasteiger partial charge in [0.05, 0.1) is 17.4 Å². The fraction of sp³-hybridized carbons (Fsp3) is 0.105. The minimum atomic E-state index is -0.207. The lowest BCUT2D eigenvalue weighted by molar-refractivity contribution is 0.102. The van der Waals surface area contributed by atoms with E-state index in [0.29, 0.717) is 11.3 Å². The summed E-state index contributed by atoms with van der Waals surface area (Å²) >= 11 is 0. The largest absolute Gasteiger partial charge is 0.340 e. The first-order chi connectivity index (χ1) is 11.8. The summed E-state index contributed by atoms with van der Waals surface area (Å²) in [7, 11) is 0. The molecule has 0 unspecified atom stereocenters. The highest BCUT2D eigenvalue weighted by atomic mass is 16.1. The maximum atomic E-state index is 12.1. The maximum Gasteiger partial charge on any atom is 0.257 e. The summed E-state index contributed by atoms with van der Waals surface area (Å²) < 4.78 is 0. The number of carbonyl (C=O) groups is 1. The molecule has 2 N–H and O–H groups in total. The fourth-order valence-electron chi connectivity index (χ4n) is 2.33. The minimum Gasteiger partial charge on any atom is -0.340 e. The lowest BCUT2D eigenvalue weighted by Crippen LogP contribution is -2.12. The van der Waals surface area contributed by atoms with E-state index in [0.717, 1.165) is 17.9 Å². The number of hydrogen-bond acceptors (Lipinski definition) is 4. The van der Waals surface area contributed by atoms with Crippen LogP contribution in [-0.2, 0) is 6.42 Å². The van der Waals surface area contributed by atoms with E-state index in [2.05, 4.69) is 33.6 Å². The van der Waals surface area contributed by atoms with Crippen LogP contribution in [0.15, 0.2) is 67.1 Å². The second-order valence-corrected chi connectivity index (χ2v) is 5.26. The number of anilines is 3. The summed E-state index contributed by atoms with van der Waals surface area (Å²) in [4.78, 5) is 20.4. The van der Waals surface area contributed by atoms with Crippen LogP contribution in [0.2, 0.25) is 0 Å². The third-order valence-electron chi connectivity index (χ3n) is 3.61. The van der Waals surface area contributed by atoms with Gasteiger partial charge in [-0.1, -0.05) is 25.1 Å². The number of hydrogen-bond donors (Lipinski definition) is 2. The molecule has 24 heavy (non-hydrogen) atoms. The molecule has 3 rings (SSSR count). The molecule has 2 heterocycles. The number of pyridine rings is 2. The van der Waals surface area contributed by atoms with E-state index in [1.54, 1.807) is 24.5 Å². The summed E-state index contributed by atoms with van der Waals surface area (Å²) in [6.07, 6.45) is 5.74. The van der Waals surface area contributed by atoms with E-state index in [-0.39, 0.29) is 5.91 Å². The Hall–Kier alpha value is -3.21. The molecule has 0 bridgehead atoms. The first-order valence-corrected chi connectivity index (χ1v) is 7.78. The van der Waals surface area contributed by atoms with E-state index in [1.165, 1.54) is 11.8 Å². The second kappa shape index (κ2) is 7.37. The van der Waals surface area contributed by atoms with Crippen LogP contribution in [0, 0.1) is 0 Å². The van der Waals surface area contributed by atoms with Crippen molar-refractivity contribution in [3.8, 4) is 0 Å². The third-order valence-corrected chi connectivity index (χ3v) is 3.61. The first-order valence-electron chi connectivity index (χ1n) is 7.78. The van der Waals surface area contributed by atoms with E-state index in [9.17, 15) is 4.79 Å². The lowest BCUT2D eigenvalue weighted by atomic mass is 10.1. The van der Waals surface area contributed by atoms with Crippen LogP contribution >= 0.6 is 0 Å². The number of aromatic nitrogens is 2. The SMILES string of the molecule is CCc1ccccc1Nc1ccc(NC(=O)c2cccnc2)cn1. The standard InChI is InChI=1S/C19H18N4O/c1-2-14-6-3-4-8-17(14)23-18-10-9-16(13-21-18)22-19(24)15-7-5-11-20-12-15/h3-13H,2H2,1H3,(H,21,23)(H,22,24). The van der Waals surface area contributed by atoms with Crippen LogP contribution in [0.5, 0.6) is 0 Å².